The monoisotopic (exact) mass is 272 g/mol. The lowest BCUT2D eigenvalue weighted by molar-refractivity contribution is 0.272. The van der Waals surface area contributed by atoms with Crippen molar-refractivity contribution < 1.29 is 0 Å². The van der Waals surface area contributed by atoms with Crippen molar-refractivity contribution in [1.82, 2.24) is 14.6 Å². The zero-order valence-electron chi connectivity index (χ0n) is 12.9. The van der Waals surface area contributed by atoms with Gasteiger partial charge in [-0.2, -0.15) is 9.61 Å². The summed E-state index contributed by atoms with van der Waals surface area (Å²) in [6, 6.07) is 2.16. The maximum absolute atomic E-state index is 4.89. The highest BCUT2D eigenvalue weighted by molar-refractivity contribution is 5.54. The molecule has 1 atom stereocenters. The molecule has 0 bridgehead atoms. The number of aromatic nitrogens is 3. The highest BCUT2D eigenvalue weighted by Gasteiger charge is 2.36. The van der Waals surface area contributed by atoms with Crippen molar-refractivity contribution in [3.05, 3.63) is 23.5 Å². The van der Waals surface area contributed by atoms with E-state index in [1.165, 1.54) is 31.4 Å². The Bertz CT molecular complexity index is 623. The molecule has 0 aromatic carbocycles. The van der Waals surface area contributed by atoms with E-state index in [0.717, 1.165) is 17.0 Å². The summed E-state index contributed by atoms with van der Waals surface area (Å²) in [5.41, 5.74) is 3.69. The van der Waals surface area contributed by atoms with Gasteiger partial charge in [0, 0.05) is 30.3 Å². The number of nitrogens with one attached hydrogen (secondary N) is 1. The smallest absolute Gasteiger partial charge is 0.160 e. The summed E-state index contributed by atoms with van der Waals surface area (Å²) in [6.07, 6.45) is 7.22. The van der Waals surface area contributed by atoms with Crippen LogP contribution in [-0.4, -0.2) is 21.6 Å². The van der Waals surface area contributed by atoms with Gasteiger partial charge in [0.15, 0.2) is 5.65 Å². The number of fused-ring (bicyclic) bond motifs is 1. The third-order valence-corrected chi connectivity index (χ3v) is 5.16. The molecule has 3 rings (SSSR count). The van der Waals surface area contributed by atoms with Crippen LogP contribution in [0.25, 0.3) is 5.65 Å². The van der Waals surface area contributed by atoms with Crippen LogP contribution in [-0.2, 0) is 0 Å². The molecule has 1 saturated carbocycles. The minimum absolute atomic E-state index is 0.393. The third kappa shape index (κ3) is 1.98. The fourth-order valence-electron chi connectivity index (χ4n) is 3.46. The van der Waals surface area contributed by atoms with Crippen molar-refractivity contribution in [2.24, 2.45) is 5.41 Å². The Morgan fingerprint density at radius 2 is 2.05 bits per heavy atom. The van der Waals surface area contributed by atoms with Gasteiger partial charge in [0.2, 0.25) is 0 Å². The van der Waals surface area contributed by atoms with E-state index >= 15 is 0 Å². The van der Waals surface area contributed by atoms with Gasteiger partial charge in [0.1, 0.15) is 5.82 Å². The van der Waals surface area contributed by atoms with Gasteiger partial charge in [-0.05, 0) is 25.2 Å². The van der Waals surface area contributed by atoms with Crippen molar-refractivity contribution in [2.45, 2.75) is 52.4 Å². The zero-order valence-corrected chi connectivity index (χ0v) is 12.9. The van der Waals surface area contributed by atoms with Crippen LogP contribution in [0.15, 0.2) is 12.3 Å². The molecule has 0 aliphatic heterocycles. The second-order valence-corrected chi connectivity index (χ2v) is 6.46. The first-order valence-electron chi connectivity index (χ1n) is 7.58. The molecule has 4 nitrogen and oxygen atoms in total. The molecule has 4 heteroatoms. The molecule has 1 unspecified atom stereocenters. The summed E-state index contributed by atoms with van der Waals surface area (Å²) in [4.78, 5) is 4.89. The van der Waals surface area contributed by atoms with Gasteiger partial charge in [-0.25, -0.2) is 4.98 Å². The van der Waals surface area contributed by atoms with Crippen LogP contribution in [0.2, 0.25) is 0 Å². The summed E-state index contributed by atoms with van der Waals surface area (Å²) < 4.78 is 1.89. The lowest BCUT2D eigenvalue weighted by Gasteiger charge is -2.31. The Morgan fingerprint density at radius 1 is 1.35 bits per heavy atom. The average molecular weight is 272 g/mol. The summed E-state index contributed by atoms with van der Waals surface area (Å²) in [7, 11) is 1.94. The first-order chi connectivity index (χ1) is 9.55. The molecular formula is C16H24N4. The summed E-state index contributed by atoms with van der Waals surface area (Å²) >= 11 is 0. The lowest BCUT2D eigenvalue weighted by Crippen LogP contribution is -2.21. The topological polar surface area (TPSA) is 42.2 Å². The lowest BCUT2D eigenvalue weighted by atomic mass is 9.75. The number of hydrogen-bond donors (Lipinski definition) is 1. The van der Waals surface area contributed by atoms with Crippen LogP contribution < -0.4 is 5.32 Å². The van der Waals surface area contributed by atoms with Crippen molar-refractivity contribution in [3.8, 4) is 0 Å². The first kappa shape index (κ1) is 13.4. The fourth-order valence-corrected chi connectivity index (χ4v) is 3.46. The van der Waals surface area contributed by atoms with E-state index in [1.54, 1.807) is 0 Å². The van der Waals surface area contributed by atoms with Gasteiger partial charge in [-0.15, -0.1) is 0 Å². The predicted octanol–water partition coefficient (Wildman–Crippen LogP) is 3.76. The van der Waals surface area contributed by atoms with E-state index in [0.29, 0.717) is 11.3 Å². The van der Waals surface area contributed by atoms with Gasteiger partial charge in [-0.1, -0.05) is 26.7 Å². The highest BCUT2D eigenvalue weighted by atomic mass is 15.3. The number of rotatable bonds is 3. The van der Waals surface area contributed by atoms with Crippen LogP contribution in [0.5, 0.6) is 0 Å². The minimum Gasteiger partial charge on any atom is -0.373 e. The molecule has 2 aromatic heterocycles. The van der Waals surface area contributed by atoms with E-state index in [9.17, 15) is 0 Å². The van der Waals surface area contributed by atoms with Crippen LogP contribution >= 0.6 is 0 Å². The molecule has 0 radical (unpaired) electrons. The largest absolute Gasteiger partial charge is 0.373 e. The van der Waals surface area contributed by atoms with Gasteiger partial charge >= 0.3 is 0 Å². The Kier molecular flexibility index (Phi) is 3.19. The molecule has 0 spiro atoms. The zero-order chi connectivity index (χ0) is 14.3. The molecule has 2 heterocycles. The van der Waals surface area contributed by atoms with E-state index in [-0.39, 0.29) is 0 Å². The molecule has 1 aliphatic rings. The molecule has 0 amide bonds. The third-order valence-electron chi connectivity index (χ3n) is 5.16. The van der Waals surface area contributed by atoms with Crippen molar-refractivity contribution in [1.29, 1.82) is 0 Å². The van der Waals surface area contributed by atoms with Crippen molar-refractivity contribution in [2.75, 3.05) is 12.4 Å². The van der Waals surface area contributed by atoms with Crippen molar-refractivity contribution >= 4 is 11.5 Å². The van der Waals surface area contributed by atoms with Gasteiger partial charge in [0.05, 0.1) is 6.20 Å². The average Bonchev–Trinajstić information content (AvgIpc) is 3.05. The maximum atomic E-state index is 4.89. The quantitative estimate of drug-likeness (QED) is 0.925. The Balaban J connectivity index is 2.09. The molecule has 1 fully saturated rings. The Morgan fingerprint density at radius 3 is 2.70 bits per heavy atom. The van der Waals surface area contributed by atoms with E-state index in [1.807, 2.05) is 17.8 Å². The number of nitrogens with zero attached hydrogens (tertiary/aromatic N) is 3. The fraction of sp³-hybridized carbons (Fsp3) is 0.625. The summed E-state index contributed by atoms with van der Waals surface area (Å²) in [5.74, 6) is 1.50. The molecule has 20 heavy (non-hydrogen) atoms. The minimum atomic E-state index is 0.393. The summed E-state index contributed by atoms with van der Waals surface area (Å²) in [6.45, 7) is 6.81. The van der Waals surface area contributed by atoms with Crippen LogP contribution in [0.1, 0.15) is 56.7 Å². The number of hydrogen-bond acceptors (Lipinski definition) is 3. The molecule has 0 saturated heterocycles. The molecule has 2 aromatic rings. The van der Waals surface area contributed by atoms with Gasteiger partial charge in [0.25, 0.3) is 0 Å². The molecule has 1 aliphatic carbocycles. The molecule has 1 N–H and O–H groups in total. The maximum Gasteiger partial charge on any atom is 0.160 e. The first-order valence-corrected chi connectivity index (χ1v) is 7.58. The number of anilines is 1. The Labute approximate surface area is 120 Å². The van der Waals surface area contributed by atoms with Gasteiger partial charge < -0.3 is 5.32 Å². The second kappa shape index (κ2) is 4.76. The van der Waals surface area contributed by atoms with E-state index in [2.05, 4.69) is 37.3 Å². The van der Waals surface area contributed by atoms with Crippen LogP contribution in [0.4, 0.5) is 5.82 Å². The number of aryl methyl sites for hydroxylation is 1. The van der Waals surface area contributed by atoms with Crippen molar-refractivity contribution in [3.63, 3.8) is 0 Å². The predicted molar refractivity (Wildman–Crippen MR) is 82.3 cm³/mol. The Hall–Kier alpha value is -1.58. The summed E-state index contributed by atoms with van der Waals surface area (Å²) in [5, 5.41) is 7.64. The molecular weight excluding hydrogens is 248 g/mol. The SMILES string of the molecule is CNc1cc(C(C)C2(C)CCCC2)nc2c(C)cnn12. The normalized spacial score (nSPS) is 19.4. The van der Waals surface area contributed by atoms with Crippen LogP contribution in [0, 0.1) is 12.3 Å². The highest BCUT2D eigenvalue weighted by Crippen LogP contribution is 2.48. The van der Waals surface area contributed by atoms with E-state index < -0.39 is 0 Å². The second-order valence-electron chi connectivity index (χ2n) is 6.46. The van der Waals surface area contributed by atoms with E-state index in [4.69, 9.17) is 4.98 Å². The standard InChI is InChI=1S/C16H24N4/c1-11-10-18-20-14(17-4)9-13(19-15(11)20)12(2)16(3)7-5-6-8-16/h9-10,12,17H,5-8H2,1-4H3. The molecule has 108 valence electrons. The van der Waals surface area contributed by atoms with Gasteiger partial charge in [-0.3, -0.25) is 0 Å². The van der Waals surface area contributed by atoms with Crippen LogP contribution in [0.3, 0.4) is 0 Å².